The Balaban J connectivity index is 2.68. The molecule has 2 atom stereocenters. The Labute approximate surface area is 48.1 Å². The van der Waals surface area contributed by atoms with Crippen LogP contribution >= 0.6 is 9.24 Å². The van der Waals surface area contributed by atoms with Crippen LogP contribution in [0.3, 0.4) is 0 Å². The van der Waals surface area contributed by atoms with Gasteiger partial charge in [0.1, 0.15) is 0 Å². The topological polar surface area (TPSA) is 12.0 Å². The molecule has 0 heterocycles. The van der Waals surface area contributed by atoms with Crippen LogP contribution in [0.1, 0.15) is 20.3 Å². The zero-order valence-corrected chi connectivity index (χ0v) is 6.22. The molecule has 0 bridgehead atoms. The highest BCUT2D eigenvalue weighted by atomic mass is 31.0. The van der Waals surface area contributed by atoms with E-state index in [0.29, 0.717) is 5.78 Å². The van der Waals surface area contributed by atoms with Crippen molar-refractivity contribution in [2.75, 3.05) is 6.54 Å². The highest BCUT2D eigenvalue weighted by Gasteiger charge is 1.85. The summed E-state index contributed by atoms with van der Waals surface area (Å²) >= 11 is 0. The van der Waals surface area contributed by atoms with Gasteiger partial charge in [-0.1, -0.05) is 6.92 Å². The molecule has 0 fully saturated rings. The Kier molecular flexibility index (Phi) is 4.80. The van der Waals surface area contributed by atoms with E-state index in [2.05, 4.69) is 28.4 Å². The van der Waals surface area contributed by atoms with Gasteiger partial charge in [-0.05, 0) is 19.9 Å². The van der Waals surface area contributed by atoms with Crippen LogP contribution < -0.4 is 5.32 Å². The van der Waals surface area contributed by atoms with Crippen LogP contribution in [-0.2, 0) is 0 Å². The summed E-state index contributed by atoms with van der Waals surface area (Å²) in [6.07, 6.45) is 1.22. The third-order valence-corrected chi connectivity index (χ3v) is 0.952. The van der Waals surface area contributed by atoms with Crippen LogP contribution in [0.25, 0.3) is 0 Å². The monoisotopic (exact) mass is 119 g/mol. The molecule has 2 heteroatoms. The predicted octanol–water partition coefficient (Wildman–Crippen LogP) is 1.21. The summed E-state index contributed by atoms with van der Waals surface area (Å²) in [4.78, 5) is 0. The summed E-state index contributed by atoms with van der Waals surface area (Å²) in [5.74, 6) is 0.569. The second kappa shape index (κ2) is 4.55. The van der Waals surface area contributed by atoms with Crippen molar-refractivity contribution >= 4 is 9.24 Å². The maximum atomic E-state index is 3.26. The van der Waals surface area contributed by atoms with Crippen LogP contribution in [0.4, 0.5) is 0 Å². The van der Waals surface area contributed by atoms with Crippen LogP contribution in [-0.4, -0.2) is 12.3 Å². The van der Waals surface area contributed by atoms with Crippen LogP contribution in [0.2, 0.25) is 0 Å². The summed E-state index contributed by atoms with van der Waals surface area (Å²) < 4.78 is 0. The van der Waals surface area contributed by atoms with Crippen molar-refractivity contribution in [3.8, 4) is 0 Å². The first-order valence-corrected chi connectivity index (χ1v) is 3.43. The molecule has 1 nitrogen and oxygen atoms in total. The quantitative estimate of drug-likeness (QED) is 0.550. The lowest BCUT2D eigenvalue weighted by Gasteiger charge is -2.03. The molecule has 0 spiro atoms. The molecule has 0 aromatic heterocycles. The zero-order chi connectivity index (χ0) is 5.70. The van der Waals surface area contributed by atoms with Gasteiger partial charge in [-0.15, -0.1) is 9.24 Å². The fraction of sp³-hybridized carbons (Fsp3) is 1.00. The smallest absolute Gasteiger partial charge is 0.0183 e. The van der Waals surface area contributed by atoms with Crippen molar-refractivity contribution in [2.45, 2.75) is 26.1 Å². The predicted molar refractivity (Wildman–Crippen MR) is 37.5 cm³/mol. The highest BCUT2D eigenvalue weighted by Crippen LogP contribution is 1.90. The van der Waals surface area contributed by atoms with Crippen LogP contribution in [0.5, 0.6) is 0 Å². The van der Waals surface area contributed by atoms with Gasteiger partial charge in [0.05, 0.1) is 0 Å². The molecule has 44 valence electrons. The Hall–Kier alpha value is 0.390. The van der Waals surface area contributed by atoms with Gasteiger partial charge in [-0.3, -0.25) is 0 Å². The summed E-state index contributed by atoms with van der Waals surface area (Å²) in [5.41, 5.74) is 0. The average molecular weight is 119 g/mol. The van der Waals surface area contributed by atoms with E-state index < -0.39 is 0 Å². The molecule has 0 aromatic carbocycles. The molecular weight excluding hydrogens is 105 g/mol. The molecule has 0 saturated heterocycles. The van der Waals surface area contributed by atoms with Gasteiger partial charge < -0.3 is 5.32 Å². The van der Waals surface area contributed by atoms with Gasteiger partial charge in [0, 0.05) is 5.78 Å². The molecule has 1 N–H and O–H groups in total. The van der Waals surface area contributed by atoms with Gasteiger partial charge in [0.2, 0.25) is 0 Å². The molecule has 0 amide bonds. The number of rotatable bonds is 3. The Morgan fingerprint density at radius 2 is 2.29 bits per heavy atom. The van der Waals surface area contributed by atoms with E-state index in [1.165, 1.54) is 6.42 Å². The van der Waals surface area contributed by atoms with E-state index in [-0.39, 0.29) is 0 Å². The van der Waals surface area contributed by atoms with E-state index in [4.69, 9.17) is 0 Å². The van der Waals surface area contributed by atoms with Crippen molar-refractivity contribution in [3.63, 3.8) is 0 Å². The number of hydrogen-bond donors (Lipinski definition) is 1. The van der Waals surface area contributed by atoms with Crippen molar-refractivity contribution in [3.05, 3.63) is 0 Å². The molecule has 0 aliphatic carbocycles. The van der Waals surface area contributed by atoms with Crippen molar-refractivity contribution in [1.82, 2.24) is 5.32 Å². The van der Waals surface area contributed by atoms with E-state index in [0.717, 1.165) is 6.54 Å². The minimum absolute atomic E-state index is 0.569. The van der Waals surface area contributed by atoms with Crippen molar-refractivity contribution < 1.29 is 0 Å². The van der Waals surface area contributed by atoms with Gasteiger partial charge in [-0.25, -0.2) is 0 Å². The molecule has 0 aliphatic rings. The van der Waals surface area contributed by atoms with Gasteiger partial charge in [0.15, 0.2) is 0 Å². The largest absolute Gasteiger partial charge is 0.311 e. The lowest BCUT2D eigenvalue weighted by Crippen LogP contribution is -2.20. The number of nitrogens with one attached hydrogen (secondary N) is 1. The molecule has 0 saturated carbocycles. The molecule has 7 heavy (non-hydrogen) atoms. The van der Waals surface area contributed by atoms with Crippen LogP contribution in [0.15, 0.2) is 0 Å². The second-order valence-corrected chi connectivity index (χ2v) is 2.74. The first-order valence-electron chi connectivity index (χ1n) is 2.76. The Bertz CT molecular complexity index is 37.1. The standard InChI is InChI=1S/C5H14NP/c1-3-4-6-5(2)7/h5-6H,3-4,7H2,1-2H3. The van der Waals surface area contributed by atoms with Gasteiger partial charge >= 0.3 is 0 Å². The lowest BCUT2D eigenvalue weighted by molar-refractivity contribution is 0.671. The maximum absolute atomic E-state index is 3.26. The normalized spacial score (nSPS) is 14.1. The van der Waals surface area contributed by atoms with Crippen LogP contribution in [0, 0.1) is 0 Å². The summed E-state index contributed by atoms with van der Waals surface area (Å²) in [5, 5.41) is 3.26. The first-order chi connectivity index (χ1) is 3.27. The summed E-state index contributed by atoms with van der Waals surface area (Å²) in [7, 11) is 2.70. The van der Waals surface area contributed by atoms with Crippen molar-refractivity contribution in [2.24, 2.45) is 0 Å². The van der Waals surface area contributed by atoms with E-state index in [1.807, 2.05) is 0 Å². The zero-order valence-electron chi connectivity index (χ0n) is 5.07. The van der Waals surface area contributed by atoms with E-state index in [9.17, 15) is 0 Å². The van der Waals surface area contributed by atoms with Crippen molar-refractivity contribution in [1.29, 1.82) is 0 Å². The number of hydrogen-bond acceptors (Lipinski definition) is 1. The van der Waals surface area contributed by atoms with Gasteiger partial charge in [0.25, 0.3) is 0 Å². The van der Waals surface area contributed by atoms with Gasteiger partial charge in [-0.2, -0.15) is 0 Å². The Morgan fingerprint density at radius 1 is 1.71 bits per heavy atom. The molecule has 0 aromatic rings. The second-order valence-electron chi connectivity index (χ2n) is 1.74. The Morgan fingerprint density at radius 3 is 2.43 bits per heavy atom. The molecule has 0 rings (SSSR count). The first kappa shape index (κ1) is 7.39. The molecule has 0 aliphatic heterocycles. The third kappa shape index (κ3) is 6.39. The summed E-state index contributed by atoms with van der Waals surface area (Å²) in [6.45, 7) is 5.42. The average Bonchev–Trinajstić information content (AvgIpc) is 1.61. The molecule has 2 unspecified atom stereocenters. The fourth-order valence-electron chi connectivity index (χ4n) is 0.372. The summed E-state index contributed by atoms with van der Waals surface area (Å²) in [6, 6.07) is 0. The fourth-order valence-corrected chi connectivity index (χ4v) is 0.539. The lowest BCUT2D eigenvalue weighted by atomic mass is 10.5. The minimum atomic E-state index is 0.569. The molecular formula is C5H14NP. The van der Waals surface area contributed by atoms with E-state index in [1.54, 1.807) is 0 Å². The van der Waals surface area contributed by atoms with E-state index >= 15 is 0 Å². The molecule has 0 radical (unpaired) electrons. The minimum Gasteiger partial charge on any atom is -0.311 e. The highest BCUT2D eigenvalue weighted by molar-refractivity contribution is 7.17. The SMILES string of the molecule is CCCNC(C)P. The third-order valence-electron chi connectivity index (χ3n) is 0.716. The maximum Gasteiger partial charge on any atom is 0.0183 e.